The van der Waals surface area contributed by atoms with Gasteiger partial charge in [-0.3, -0.25) is 13.9 Å². The van der Waals surface area contributed by atoms with E-state index >= 15 is 0 Å². The second-order valence-corrected chi connectivity index (χ2v) is 9.86. The molecule has 1 amide bonds. The number of esters is 1. The smallest absolute Gasteiger partial charge is 0.328 e. The average molecular weight is 479 g/mol. The summed E-state index contributed by atoms with van der Waals surface area (Å²) in [6, 6.07) is 10.2. The number of hydrogen-bond donors (Lipinski definition) is 1. The predicted octanol–water partition coefficient (Wildman–Crippen LogP) is 2.60. The second-order valence-electron chi connectivity index (χ2n) is 7.27. The molecule has 2 aromatic carbocycles. The molecule has 1 heterocycles. The Labute approximate surface area is 191 Å². The van der Waals surface area contributed by atoms with Crippen LogP contribution in [-0.4, -0.2) is 51.0 Å². The van der Waals surface area contributed by atoms with Crippen molar-refractivity contribution < 1.29 is 27.5 Å². The van der Waals surface area contributed by atoms with Crippen molar-refractivity contribution in [2.24, 2.45) is 0 Å². The minimum absolute atomic E-state index is 0.00568. The van der Waals surface area contributed by atoms with E-state index < -0.39 is 40.3 Å². The summed E-state index contributed by atoms with van der Waals surface area (Å²) in [5.74, 6) is -1.73. The fourth-order valence-electron chi connectivity index (χ4n) is 3.31. The summed E-state index contributed by atoms with van der Waals surface area (Å²) < 4.78 is 30.8. The summed E-state index contributed by atoms with van der Waals surface area (Å²) in [6.45, 7) is 2.86. The molecule has 0 saturated carbocycles. The zero-order valence-corrected chi connectivity index (χ0v) is 19.2. The van der Waals surface area contributed by atoms with Gasteiger partial charge in [0.05, 0.1) is 22.0 Å². The van der Waals surface area contributed by atoms with E-state index in [4.69, 9.17) is 16.3 Å². The Balaban J connectivity index is 1.58. The largest absolute Gasteiger partial charge is 0.456 e. The number of rotatable bonds is 8. The van der Waals surface area contributed by atoms with Crippen LogP contribution >= 0.6 is 11.6 Å². The molecule has 10 heteroatoms. The van der Waals surface area contributed by atoms with Gasteiger partial charge in [-0.05, 0) is 56.2 Å². The molecule has 1 aliphatic heterocycles. The van der Waals surface area contributed by atoms with Gasteiger partial charge in [0, 0.05) is 12.1 Å². The number of carbonyl (C=O) groups excluding carboxylic acids is 3. The summed E-state index contributed by atoms with van der Waals surface area (Å²) >= 11 is 5.98. The van der Waals surface area contributed by atoms with Crippen LogP contribution in [0, 0.1) is 0 Å². The van der Waals surface area contributed by atoms with Crippen molar-refractivity contribution in [3.8, 4) is 0 Å². The third kappa shape index (κ3) is 5.11. The highest BCUT2D eigenvalue weighted by Crippen LogP contribution is 2.31. The van der Waals surface area contributed by atoms with Crippen LogP contribution in [0.1, 0.15) is 40.1 Å². The quantitative estimate of drug-likeness (QED) is 0.461. The van der Waals surface area contributed by atoms with E-state index in [0.717, 1.165) is 5.56 Å². The van der Waals surface area contributed by atoms with Crippen molar-refractivity contribution in [1.29, 1.82) is 0 Å². The molecule has 0 radical (unpaired) electrons. The fourth-order valence-corrected chi connectivity index (χ4v) is 4.69. The van der Waals surface area contributed by atoms with E-state index in [1.807, 2.05) is 0 Å². The maximum absolute atomic E-state index is 12.5. The molecular weight excluding hydrogens is 456 g/mol. The molecule has 0 aromatic heterocycles. The lowest BCUT2D eigenvalue weighted by atomic mass is 10.1. The predicted molar refractivity (Wildman–Crippen MR) is 121 cm³/mol. The van der Waals surface area contributed by atoms with E-state index in [2.05, 4.69) is 5.32 Å². The van der Waals surface area contributed by atoms with Crippen molar-refractivity contribution >= 4 is 45.0 Å². The van der Waals surface area contributed by atoms with Crippen molar-refractivity contribution in [2.75, 3.05) is 23.2 Å². The lowest BCUT2D eigenvalue weighted by molar-refractivity contribution is -0.144. The first kappa shape index (κ1) is 23.7. The second kappa shape index (κ2) is 9.70. The Morgan fingerprint density at radius 2 is 1.91 bits per heavy atom. The summed E-state index contributed by atoms with van der Waals surface area (Å²) in [5, 5.41) is 2.74. The van der Waals surface area contributed by atoms with Crippen LogP contribution < -0.4 is 9.62 Å². The number of anilines is 1. The highest BCUT2D eigenvalue weighted by Gasteiger charge is 2.29. The van der Waals surface area contributed by atoms with E-state index in [0.29, 0.717) is 24.2 Å². The molecule has 1 N–H and O–H groups in total. The third-order valence-corrected chi connectivity index (χ3v) is 7.23. The number of Topliss-reactive ketones (excluding diaryl/α,β-unsaturated/α-hetero) is 1. The van der Waals surface area contributed by atoms with Crippen LogP contribution in [0.2, 0.25) is 5.02 Å². The number of ketones is 1. The number of carbonyl (C=O) groups is 3. The van der Waals surface area contributed by atoms with Crippen molar-refractivity contribution in [3.63, 3.8) is 0 Å². The standard InChI is InChI=1S/C22H23ClN2O6S/c1-3-32(29,30)25-11-10-15-12-16(8-9-19(15)25)20(26)13-31-22(28)14(2)24-21(27)17-6-4-5-7-18(17)23/h4-9,12,14H,3,10-11,13H2,1-2H3,(H,24,27)/t14-/m1/s1. The highest BCUT2D eigenvalue weighted by molar-refractivity contribution is 7.92. The molecular formula is C22H23ClN2O6S. The fraction of sp³-hybridized carbons (Fsp3) is 0.318. The normalized spacial score (nSPS) is 13.9. The zero-order chi connectivity index (χ0) is 23.5. The lowest BCUT2D eigenvalue weighted by Crippen LogP contribution is -2.40. The van der Waals surface area contributed by atoms with E-state index in [1.165, 1.54) is 23.4 Å². The van der Waals surface area contributed by atoms with Gasteiger partial charge in [-0.15, -0.1) is 0 Å². The molecule has 32 heavy (non-hydrogen) atoms. The van der Waals surface area contributed by atoms with Gasteiger partial charge in [0.25, 0.3) is 5.91 Å². The molecule has 8 nitrogen and oxygen atoms in total. The average Bonchev–Trinajstić information content (AvgIpc) is 3.21. The van der Waals surface area contributed by atoms with E-state index in [1.54, 1.807) is 37.3 Å². The molecule has 170 valence electrons. The first-order valence-corrected chi connectivity index (χ1v) is 12.0. The monoisotopic (exact) mass is 478 g/mol. The summed E-state index contributed by atoms with van der Waals surface area (Å²) in [5.41, 5.74) is 1.86. The SMILES string of the molecule is CCS(=O)(=O)N1CCc2cc(C(=O)COC(=O)[C@@H](C)NC(=O)c3ccccc3Cl)ccc21. The number of fused-ring (bicyclic) bond motifs is 1. The third-order valence-electron chi connectivity index (χ3n) is 5.12. The van der Waals surface area contributed by atoms with Gasteiger partial charge in [-0.25, -0.2) is 13.2 Å². The van der Waals surface area contributed by atoms with Gasteiger partial charge in [-0.1, -0.05) is 23.7 Å². The Morgan fingerprint density at radius 3 is 2.59 bits per heavy atom. The van der Waals surface area contributed by atoms with E-state index in [9.17, 15) is 22.8 Å². The Bertz CT molecular complexity index is 1160. The first-order chi connectivity index (χ1) is 15.1. The summed E-state index contributed by atoms with van der Waals surface area (Å²) in [6.07, 6.45) is 0.501. The minimum atomic E-state index is -3.37. The number of sulfonamides is 1. The number of nitrogens with one attached hydrogen (secondary N) is 1. The van der Waals surface area contributed by atoms with Gasteiger partial charge in [0.1, 0.15) is 6.04 Å². The van der Waals surface area contributed by atoms with Crippen LogP contribution in [-0.2, 0) is 26.0 Å². The maximum atomic E-state index is 12.5. The molecule has 2 aromatic rings. The summed E-state index contributed by atoms with van der Waals surface area (Å²) in [7, 11) is -3.37. The molecule has 1 atom stereocenters. The number of benzene rings is 2. The van der Waals surface area contributed by atoms with Crippen molar-refractivity contribution in [1.82, 2.24) is 5.32 Å². The van der Waals surface area contributed by atoms with Crippen LogP contribution in [0.4, 0.5) is 5.69 Å². The molecule has 0 bridgehead atoms. The molecule has 0 fully saturated rings. The summed E-state index contributed by atoms with van der Waals surface area (Å²) in [4.78, 5) is 36.9. The zero-order valence-electron chi connectivity index (χ0n) is 17.6. The van der Waals surface area contributed by atoms with Crippen LogP contribution in [0.15, 0.2) is 42.5 Å². The highest BCUT2D eigenvalue weighted by atomic mass is 35.5. The van der Waals surface area contributed by atoms with E-state index in [-0.39, 0.29) is 16.3 Å². The lowest BCUT2D eigenvalue weighted by Gasteiger charge is -2.18. The molecule has 0 saturated heterocycles. The van der Waals surface area contributed by atoms with Gasteiger partial charge in [0.2, 0.25) is 10.0 Å². The molecule has 1 aliphatic rings. The Kier molecular flexibility index (Phi) is 7.20. The molecule has 0 spiro atoms. The van der Waals surface area contributed by atoms with Gasteiger partial charge in [-0.2, -0.15) is 0 Å². The number of hydrogen-bond acceptors (Lipinski definition) is 6. The first-order valence-electron chi connectivity index (χ1n) is 10.0. The molecule has 0 unspecified atom stereocenters. The Morgan fingerprint density at radius 1 is 1.19 bits per heavy atom. The van der Waals surface area contributed by atoms with Crippen molar-refractivity contribution in [3.05, 3.63) is 64.2 Å². The Hall–Kier alpha value is -2.91. The number of ether oxygens (including phenoxy) is 1. The maximum Gasteiger partial charge on any atom is 0.328 e. The van der Waals surface area contributed by atoms with Crippen LogP contribution in [0.3, 0.4) is 0 Å². The number of nitrogens with zero attached hydrogens (tertiary/aromatic N) is 1. The number of amides is 1. The molecule has 0 aliphatic carbocycles. The van der Waals surface area contributed by atoms with Gasteiger partial charge in [0.15, 0.2) is 12.4 Å². The van der Waals surface area contributed by atoms with Crippen molar-refractivity contribution in [2.45, 2.75) is 26.3 Å². The van der Waals surface area contributed by atoms with Crippen LogP contribution in [0.25, 0.3) is 0 Å². The van der Waals surface area contributed by atoms with Crippen LogP contribution in [0.5, 0.6) is 0 Å². The minimum Gasteiger partial charge on any atom is -0.456 e. The topological polar surface area (TPSA) is 110 Å². The van der Waals surface area contributed by atoms with Gasteiger partial charge >= 0.3 is 5.97 Å². The van der Waals surface area contributed by atoms with Gasteiger partial charge < -0.3 is 10.1 Å². The number of halogens is 1. The molecule has 3 rings (SSSR count).